The van der Waals surface area contributed by atoms with Gasteiger partial charge in [-0.25, -0.2) is 0 Å². The number of carbonyl (C=O) groups is 1. The van der Waals surface area contributed by atoms with Gasteiger partial charge in [-0.3, -0.25) is 9.48 Å². The van der Waals surface area contributed by atoms with E-state index in [1.54, 1.807) is 10.9 Å². The van der Waals surface area contributed by atoms with Crippen LogP contribution in [0, 0.1) is 0 Å². The zero-order valence-electron chi connectivity index (χ0n) is 15.7. The fourth-order valence-corrected chi connectivity index (χ4v) is 6.36. The Morgan fingerprint density at radius 3 is 3.04 bits per heavy atom. The van der Waals surface area contributed by atoms with E-state index >= 15 is 0 Å². The molecular weight excluding hydrogens is 394 g/mol. The molecule has 2 aliphatic rings. The average molecular weight is 420 g/mol. The van der Waals surface area contributed by atoms with Gasteiger partial charge < -0.3 is 14.8 Å². The molecule has 1 saturated heterocycles. The van der Waals surface area contributed by atoms with Crippen LogP contribution in [0.15, 0.2) is 36.7 Å². The Morgan fingerprint density at radius 1 is 1.29 bits per heavy atom. The Labute approximate surface area is 173 Å². The van der Waals surface area contributed by atoms with Crippen molar-refractivity contribution >= 4 is 33.2 Å². The quantitative estimate of drug-likeness (QED) is 0.506. The van der Waals surface area contributed by atoms with Crippen molar-refractivity contribution in [1.82, 2.24) is 9.78 Å². The maximum Gasteiger partial charge on any atom is 0.224 e. The van der Waals surface area contributed by atoms with E-state index in [-0.39, 0.29) is 12.0 Å². The molecule has 2 aliphatic heterocycles. The third-order valence-electron chi connectivity index (χ3n) is 4.78. The molecule has 2 atom stereocenters. The Morgan fingerprint density at radius 2 is 2.18 bits per heavy atom. The van der Waals surface area contributed by atoms with Gasteiger partial charge in [0.05, 0.1) is 18.4 Å². The van der Waals surface area contributed by atoms with Gasteiger partial charge in [0.2, 0.25) is 5.91 Å². The Bertz CT molecular complexity index is 793. The summed E-state index contributed by atoms with van der Waals surface area (Å²) in [6.07, 6.45) is 8.56. The summed E-state index contributed by atoms with van der Waals surface area (Å²) in [5.74, 6) is 2.86. The van der Waals surface area contributed by atoms with Crippen molar-refractivity contribution in [3.05, 3.63) is 36.7 Å². The van der Waals surface area contributed by atoms with Gasteiger partial charge in [-0.1, -0.05) is 40.1 Å². The Kier molecular flexibility index (Phi) is 6.69. The number of anilines is 1. The molecule has 0 spiro atoms. The van der Waals surface area contributed by atoms with Crippen LogP contribution >= 0.6 is 21.6 Å². The minimum Gasteiger partial charge on any atom is -0.486 e. The molecule has 0 saturated carbocycles. The predicted molar refractivity (Wildman–Crippen MR) is 114 cm³/mol. The van der Waals surface area contributed by atoms with Crippen LogP contribution < -0.4 is 14.8 Å². The lowest BCUT2D eigenvalue weighted by Gasteiger charge is -2.26. The fourth-order valence-electron chi connectivity index (χ4n) is 3.34. The largest absolute Gasteiger partial charge is 0.486 e. The van der Waals surface area contributed by atoms with Crippen LogP contribution in [0.25, 0.3) is 0 Å². The summed E-state index contributed by atoms with van der Waals surface area (Å²) in [5, 5.41) is 8.05. The number of amides is 1. The first-order valence-electron chi connectivity index (χ1n) is 9.75. The number of nitrogens with one attached hydrogen (secondary N) is 1. The van der Waals surface area contributed by atoms with Crippen LogP contribution in [0.5, 0.6) is 11.5 Å². The summed E-state index contributed by atoms with van der Waals surface area (Å²) in [6.45, 7) is 1.05. The lowest BCUT2D eigenvalue weighted by Crippen LogP contribution is -2.33. The smallest absolute Gasteiger partial charge is 0.224 e. The standard InChI is InChI=1S/C20H25N3O3S2/c24-20(8-4-1-5-17-9-10-27-28-17)22-15-11-21-23(12-15)13-16-14-25-18-6-2-3-7-19(18)26-16/h2-3,6-7,11-12,16-17H,1,4-5,8-10,13-14H2,(H,22,24)/t16-,17-/m0/s1. The molecular formula is C20H25N3O3S2. The third-order valence-corrected chi connectivity index (χ3v) is 7.79. The highest BCUT2D eigenvalue weighted by Gasteiger charge is 2.21. The number of aromatic nitrogens is 2. The van der Waals surface area contributed by atoms with Crippen LogP contribution in [0.1, 0.15) is 32.1 Å². The number of rotatable bonds is 8. The molecule has 1 amide bonds. The molecule has 1 N–H and O–H groups in total. The molecule has 1 aromatic carbocycles. The minimum absolute atomic E-state index is 0.0548. The first kappa shape index (κ1) is 19.5. The van der Waals surface area contributed by atoms with E-state index in [2.05, 4.69) is 10.4 Å². The normalized spacial score (nSPS) is 20.9. The highest BCUT2D eigenvalue weighted by atomic mass is 33.1. The van der Waals surface area contributed by atoms with Crippen LogP contribution in [0.4, 0.5) is 5.69 Å². The van der Waals surface area contributed by atoms with Gasteiger partial charge >= 0.3 is 0 Å². The van der Waals surface area contributed by atoms with E-state index in [0.717, 1.165) is 35.3 Å². The van der Waals surface area contributed by atoms with Crippen molar-refractivity contribution in [3.63, 3.8) is 0 Å². The predicted octanol–water partition coefficient (Wildman–Crippen LogP) is 4.38. The molecule has 4 rings (SSSR count). The van der Waals surface area contributed by atoms with Gasteiger partial charge in [0.25, 0.3) is 0 Å². The first-order valence-corrected chi connectivity index (χ1v) is 12.1. The van der Waals surface area contributed by atoms with Gasteiger partial charge in [-0.05, 0) is 31.4 Å². The molecule has 1 fully saturated rings. The Hall–Kier alpha value is -1.80. The fraction of sp³-hybridized carbons (Fsp3) is 0.500. The summed E-state index contributed by atoms with van der Waals surface area (Å²) in [4.78, 5) is 12.1. The van der Waals surface area contributed by atoms with Gasteiger partial charge in [0.15, 0.2) is 17.6 Å². The van der Waals surface area contributed by atoms with Crippen molar-refractivity contribution in [1.29, 1.82) is 0 Å². The van der Waals surface area contributed by atoms with Gasteiger partial charge in [0.1, 0.15) is 6.61 Å². The van der Waals surface area contributed by atoms with Gasteiger partial charge in [0, 0.05) is 23.6 Å². The van der Waals surface area contributed by atoms with Gasteiger partial charge in [-0.2, -0.15) is 5.10 Å². The van der Waals surface area contributed by atoms with Crippen molar-refractivity contribution in [3.8, 4) is 11.5 Å². The maximum atomic E-state index is 12.1. The van der Waals surface area contributed by atoms with Crippen molar-refractivity contribution in [2.24, 2.45) is 0 Å². The molecule has 2 aromatic rings. The second kappa shape index (κ2) is 9.60. The minimum atomic E-state index is -0.107. The summed E-state index contributed by atoms with van der Waals surface area (Å²) in [7, 11) is 3.97. The molecule has 0 aliphatic carbocycles. The summed E-state index contributed by atoms with van der Waals surface area (Å²) >= 11 is 0. The average Bonchev–Trinajstić information content (AvgIpc) is 3.37. The molecule has 1 aromatic heterocycles. The lowest BCUT2D eigenvalue weighted by molar-refractivity contribution is -0.116. The SMILES string of the molecule is O=C(CCCC[C@H]1CCSS1)Nc1cnn(C[C@H]2COc3ccccc3O2)c1. The van der Waals surface area contributed by atoms with E-state index in [0.29, 0.717) is 19.6 Å². The first-order chi connectivity index (χ1) is 13.8. The highest BCUT2D eigenvalue weighted by Crippen LogP contribution is 2.39. The van der Waals surface area contributed by atoms with Gasteiger partial charge in [-0.15, -0.1) is 0 Å². The lowest BCUT2D eigenvalue weighted by atomic mass is 10.1. The van der Waals surface area contributed by atoms with Crippen molar-refractivity contribution in [2.75, 3.05) is 17.7 Å². The van der Waals surface area contributed by atoms with E-state index in [1.165, 1.54) is 18.6 Å². The number of para-hydroxylation sites is 2. The van der Waals surface area contributed by atoms with E-state index in [1.807, 2.05) is 52.1 Å². The molecule has 28 heavy (non-hydrogen) atoms. The number of fused-ring (bicyclic) bond motifs is 1. The maximum absolute atomic E-state index is 12.1. The topological polar surface area (TPSA) is 65.4 Å². The third kappa shape index (κ3) is 5.38. The zero-order chi connectivity index (χ0) is 19.2. The highest BCUT2D eigenvalue weighted by molar-refractivity contribution is 8.77. The second-order valence-corrected chi connectivity index (χ2v) is 9.86. The van der Waals surface area contributed by atoms with Crippen molar-refractivity contribution in [2.45, 2.75) is 50.0 Å². The number of hydrogen-bond acceptors (Lipinski definition) is 6. The summed E-state index contributed by atoms with van der Waals surface area (Å²) in [6, 6.07) is 7.66. The number of unbranched alkanes of at least 4 members (excludes halogenated alkanes) is 1. The van der Waals surface area contributed by atoms with E-state index in [9.17, 15) is 4.79 Å². The summed E-state index contributed by atoms with van der Waals surface area (Å²) < 4.78 is 13.5. The van der Waals surface area contributed by atoms with E-state index in [4.69, 9.17) is 9.47 Å². The van der Waals surface area contributed by atoms with Crippen molar-refractivity contribution < 1.29 is 14.3 Å². The number of carbonyl (C=O) groups excluding carboxylic acids is 1. The van der Waals surface area contributed by atoms with Crippen LogP contribution in [-0.4, -0.2) is 39.4 Å². The second-order valence-electron chi connectivity index (χ2n) is 7.07. The number of hydrogen-bond donors (Lipinski definition) is 1. The molecule has 3 heterocycles. The molecule has 0 bridgehead atoms. The van der Waals surface area contributed by atoms with Crippen LogP contribution in [-0.2, 0) is 11.3 Å². The van der Waals surface area contributed by atoms with Crippen LogP contribution in [0.2, 0.25) is 0 Å². The number of benzene rings is 1. The molecule has 0 unspecified atom stereocenters. The number of ether oxygens (including phenoxy) is 2. The van der Waals surface area contributed by atoms with E-state index < -0.39 is 0 Å². The Balaban J connectivity index is 1.18. The number of nitrogens with zero attached hydrogens (tertiary/aromatic N) is 2. The zero-order valence-corrected chi connectivity index (χ0v) is 17.3. The summed E-state index contributed by atoms with van der Waals surface area (Å²) in [5.41, 5.74) is 0.727. The molecule has 0 radical (unpaired) electrons. The molecule has 8 heteroatoms. The molecule has 150 valence electrons. The van der Waals surface area contributed by atoms with Crippen LogP contribution in [0.3, 0.4) is 0 Å². The molecule has 6 nitrogen and oxygen atoms in total. The monoisotopic (exact) mass is 419 g/mol.